The number of hydrogen-bond donors (Lipinski definition) is 1. The molecule has 1 saturated heterocycles. The molecule has 0 aromatic carbocycles. The zero-order valence-electron chi connectivity index (χ0n) is 12.4. The molecule has 1 amide bonds. The number of aromatic nitrogens is 4. The van der Waals surface area contributed by atoms with Crippen molar-refractivity contribution in [3.63, 3.8) is 0 Å². The van der Waals surface area contributed by atoms with E-state index < -0.39 is 0 Å². The lowest BCUT2D eigenvalue weighted by molar-refractivity contribution is -0.116. The lowest BCUT2D eigenvalue weighted by Gasteiger charge is -2.13. The molecule has 1 fully saturated rings. The Morgan fingerprint density at radius 1 is 1.45 bits per heavy atom. The van der Waals surface area contributed by atoms with Crippen LogP contribution in [0.3, 0.4) is 0 Å². The summed E-state index contributed by atoms with van der Waals surface area (Å²) in [6, 6.07) is 1.49. The van der Waals surface area contributed by atoms with Gasteiger partial charge in [0.05, 0.1) is 17.1 Å². The van der Waals surface area contributed by atoms with Crippen LogP contribution in [0.15, 0.2) is 28.4 Å². The maximum atomic E-state index is 12.5. The van der Waals surface area contributed by atoms with Gasteiger partial charge >= 0.3 is 0 Å². The van der Waals surface area contributed by atoms with Gasteiger partial charge in [0.15, 0.2) is 5.16 Å². The number of anilines is 1. The van der Waals surface area contributed by atoms with Gasteiger partial charge in [0.2, 0.25) is 5.91 Å². The Kier molecular flexibility index (Phi) is 4.02. The van der Waals surface area contributed by atoms with Crippen molar-refractivity contribution < 1.29 is 4.79 Å². The maximum absolute atomic E-state index is 12.5. The van der Waals surface area contributed by atoms with Crippen LogP contribution < -0.4 is 10.5 Å². The lowest BCUT2D eigenvalue weighted by atomic mass is 10.3. The molecule has 22 heavy (non-hydrogen) atoms. The van der Waals surface area contributed by atoms with Crippen LogP contribution in [-0.2, 0) is 18.3 Å². The van der Waals surface area contributed by atoms with E-state index >= 15 is 0 Å². The summed E-state index contributed by atoms with van der Waals surface area (Å²) in [6.07, 6.45) is 4.92. The van der Waals surface area contributed by atoms with Crippen molar-refractivity contribution in [3.05, 3.63) is 34.5 Å². The molecule has 0 saturated carbocycles. The SMILES string of the molecule is CCc1cc(=O)[nH]c(S[C@@H]2CCN(c3cnn(C)c3)C2=O)n1. The summed E-state index contributed by atoms with van der Waals surface area (Å²) in [7, 11) is 1.82. The lowest BCUT2D eigenvalue weighted by Crippen LogP contribution is -2.28. The average molecular weight is 319 g/mol. The minimum absolute atomic E-state index is 0.0301. The highest BCUT2D eigenvalue weighted by atomic mass is 32.2. The molecule has 1 aliphatic heterocycles. The molecule has 0 radical (unpaired) electrons. The summed E-state index contributed by atoms with van der Waals surface area (Å²) in [5, 5.41) is 4.38. The van der Waals surface area contributed by atoms with Crippen LogP contribution in [0, 0.1) is 0 Å². The van der Waals surface area contributed by atoms with E-state index in [0.29, 0.717) is 18.1 Å². The van der Waals surface area contributed by atoms with Gasteiger partial charge < -0.3 is 9.88 Å². The molecule has 0 bridgehead atoms. The van der Waals surface area contributed by atoms with E-state index in [1.54, 1.807) is 15.8 Å². The van der Waals surface area contributed by atoms with Crippen LogP contribution in [0.2, 0.25) is 0 Å². The number of amides is 1. The van der Waals surface area contributed by atoms with Crippen LogP contribution >= 0.6 is 11.8 Å². The number of rotatable bonds is 4. The highest BCUT2D eigenvalue weighted by Gasteiger charge is 2.34. The van der Waals surface area contributed by atoms with E-state index in [1.165, 1.54) is 17.8 Å². The quantitative estimate of drug-likeness (QED) is 0.849. The summed E-state index contributed by atoms with van der Waals surface area (Å²) in [4.78, 5) is 32.9. The standard InChI is InChI=1S/C14H17N5O2S/c1-3-9-6-12(20)17-14(16-9)22-11-4-5-19(13(11)21)10-7-15-18(2)8-10/h6-8,11H,3-5H2,1-2H3,(H,16,17,20)/t11-/m1/s1. The minimum atomic E-state index is -0.226. The monoisotopic (exact) mass is 319 g/mol. The minimum Gasteiger partial charge on any atom is -0.308 e. The van der Waals surface area contributed by atoms with Gasteiger partial charge in [-0.25, -0.2) is 4.98 Å². The van der Waals surface area contributed by atoms with Crippen molar-refractivity contribution in [3.8, 4) is 0 Å². The van der Waals surface area contributed by atoms with Crippen molar-refractivity contribution in [2.45, 2.75) is 30.2 Å². The topological polar surface area (TPSA) is 83.9 Å². The normalized spacial score (nSPS) is 18.2. The van der Waals surface area contributed by atoms with Gasteiger partial charge in [-0.05, 0) is 12.8 Å². The Balaban J connectivity index is 1.76. The number of H-pyrrole nitrogens is 1. The third kappa shape index (κ3) is 2.92. The van der Waals surface area contributed by atoms with Gasteiger partial charge in [-0.3, -0.25) is 14.3 Å². The second kappa shape index (κ2) is 5.96. The molecule has 7 nitrogen and oxygen atoms in total. The number of carbonyl (C=O) groups excluding carboxylic acids is 1. The van der Waals surface area contributed by atoms with E-state index in [9.17, 15) is 9.59 Å². The molecule has 0 aliphatic carbocycles. The van der Waals surface area contributed by atoms with Gasteiger partial charge in [0, 0.05) is 31.5 Å². The van der Waals surface area contributed by atoms with Gasteiger partial charge in [-0.1, -0.05) is 18.7 Å². The van der Waals surface area contributed by atoms with Crippen LogP contribution in [0.25, 0.3) is 0 Å². The predicted octanol–water partition coefficient (Wildman–Crippen LogP) is 0.963. The second-order valence-corrected chi connectivity index (χ2v) is 6.34. The van der Waals surface area contributed by atoms with E-state index in [-0.39, 0.29) is 16.7 Å². The van der Waals surface area contributed by atoms with E-state index in [0.717, 1.165) is 17.8 Å². The van der Waals surface area contributed by atoms with Crippen molar-refractivity contribution in [1.82, 2.24) is 19.7 Å². The zero-order valence-corrected chi connectivity index (χ0v) is 13.3. The first-order chi connectivity index (χ1) is 10.6. The Hall–Kier alpha value is -2.09. The van der Waals surface area contributed by atoms with Gasteiger partial charge in [-0.2, -0.15) is 5.10 Å². The molecule has 2 aromatic heterocycles. The molecule has 0 unspecified atom stereocenters. The second-order valence-electron chi connectivity index (χ2n) is 5.15. The molecule has 3 heterocycles. The van der Waals surface area contributed by atoms with Gasteiger partial charge in [0.1, 0.15) is 0 Å². The predicted molar refractivity (Wildman–Crippen MR) is 84.1 cm³/mol. The van der Waals surface area contributed by atoms with Crippen LogP contribution in [-0.4, -0.2) is 37.5 Å². The van der Waals surface area contributed by atoms with Crippen molar-refractivity contribution in [2.75, 3.05) is 11.4 Å². The summed E-state index contributed by atoms with van der Waals surface area (Å²) in [5.41, 5.74) is 1.36. The number of nitrogens with zero attached hydrogens (tertiary/aromatic N) is 4. The van der Waals surface area contributed by atoms with Gasteiger partial charge in [0.25, 0.3) is 5.56 Å². The summed E-state index contributed by atoms with van der Waals surface area (Å²) >= 11 is 1.32. The number of aromatic amines is 1. The Bertz CT molecular complexity index is 754. The number of hydrogen-bond acceptors (Lipinski definition) is 5. The molecule has 1 aliphatic rings. The van der Waals surface area contributed by atoms with Crippen LogP contribution in [0.1, 0.15) is 19.0 Å². The molecular weight excluding hydrogens is 302 g/mol. The summed E-state index contributed by atoms with van der Waals surface area (Å²) < 4.78 is 1.67. The Labute approximate surface area is 131 Å². The van der Waals surface area contributed by atoms with E-state index in [2.05, 4.69) is 15.1 Å². The van der Waals surface area contributed by atoms with Gasteiger partial charge in [-0.15, -0.1) is 0 Å². The Morgan fingerprint density at radius 2 is 2.27 bits per heavy atom. The van der Waals surface area contributed by atoms with E-state index in [4.69, 9.17) is 0 Å². The average Bonchev–Trinajstić information content (AvgIpc) is 3.05. The first-order valence-corrected chi connectivity index (χ1v) is 8.01. The number of aryl methyl sites for hydroxylation is 2. The first-order valence-electron chi connectivity index (χ1n) is 7.13. The fourth-order valence-corrected chi connectivity index (χ4v) is 3.47. The third-order valence-corrected chi connectivity index (χ3v) is 4.69. The molecule has 2 aromatic rings. The third-order valence-electron chi connectivity index (χ3n) is 3.55. The molecule has 3 rings (SSSR count). The highest BCUT2D eigenvalue weighted by Crippen LogP contribution is 2.31. The Morgan fingerprint density at radius 3 is 2.95 bits per heavy atom. The fourth-order valence-electron chi connectivity index (χ4n) is 2.42. The molecule has 116 valence electrons. The number of thioether (sulfide) groups is 1. The maximum Gasteiger partial charge on any atom is 0.251 e. The molecule has 0 spiro atoms. The first kappa shape index (κ1) is 14.8. The number of carbonyl (C=O) groups is 1. The summed E-state index contributed by atoms with van der Waals surface area (Å²) in [6.45, 7) is 2.60. The molecule has 1 atom stereocenters. The van der Waals surface area contributed by atoms with Crippen LogP contribution in [0.4, 0.5) is 5.69 Å². The highest BCUT2D eigenvalue weighted by molar-refractivity contribution is 8.00. The van der Waals surface area contributed by atoms with Crippen molar-refractivity contribution in [2.24, 2.45) is 7.05 Å². The van der Waals surface area contributed by atoms with Crippen LogP contribution in [0.5, 0.6) is 0 Å². The van der Waals surface area contributed by atoms with Crippen molar-refractivity contribution in [1.29, 1.82) is 0 Å². The molecule has 1 N–H and O–H groups in total. The smallest absolute Gasteiger partial charge is 0.251 e. The largest absolute Gasteiger partial charge is 0.308 e. The fraction of sp³-hybridized carbons (Fsp3) is 0.429. The number of nitrogens with one attached hydrogen (secondary N) is 1. The summed E-state index contributed by atoms with van der Waals surface area (Å²) in [5.74, 6) is 0.0301. The van der Waals surface area contributed by atoms with Crippen molar-refractivity contribution >= 4 is 23.4 Å². The van der Waals surface area contributed by atoms with E-state index in [1.807, 2.05) is 20.2 Å². The molecular formula is C14H17N5O2S. The molecule has 8 heteroatoms. The zero-order chi connectivity index (χ0) is 15.7.